The Balaban J connectivity index is 1.86. The van der Waals surface area contributed by atoms with Gasteiger partial charge in [-0.2, -0.15) is 0 Å². The normalized spacial score (nSPS) is 13.2. The molecule has 4 aromatic rings. The van der Waals surface area contributed by atoms with E-state index >= 15 is 0 Å². The molecule has 0 amide bonds. The van der Waals surface area contributed by atoms with E-state index in [0.29, 0.717) is 22.5 Å². The summed E-state index contributed by atoms with van der Waals surface area (Å²) < 4.78 is 7.36. The lowest BCUT2D eigenvalue weighted by molar-refractivity contribution is 0.230. The standard InChI is InChI=1S/C37H48OPSi/c1-30(2)40(31(3)4,32(5)6)38-28-34(27-33-19-11-7-12-20-33)29-39(35-21-13-8-14-22-35,36-23-15-9-16-24-36)37-25-17-10-18-26-37/h7-26,30-32,34H,27-29H2,1-6H3/q+1. The van der Waals surface area contributed by atoms with Crippen molar-refractivity contribution >= 4 is 31.5 Å². The van der Waals surface area contributed by atoms with Gasteiger partial charge in [-0.25, -0.2) is 0 Å². The summed E-state index contributed by atoms with van der Waals surface area (Å²) >= 11 is 0. The minimum Gasteiger partial charge on any atom is -0.416 e. The van der Waals surface area contributed by atoms with Crippen LogP contribution in [0, 0.1) is 5.92 Å². The SMILES string of the molecule is CC(C)[Si](OCC(Cc1ccccc1)C[P+](c1ccccc1)(c1ccccc1)c1ccccc1)(C(C)C)C(C)C. The van der Waals surface area contributed by atoms with Crippen LogP contribution in [0.2, 0.25) is 16.6 Å². The Morgan fingerprint density at radius 1 is 0.525 bits per heavy atom. The molecule has 0 radical (unpaired) electrons. The first kappa shape index (κ1) is 30.4. The molecule has 0 aliphatic carbocycles. The fourth-order valence-corrected chi connectivity index (χ4v) is 17.2. The van der Waals surface area contributed by atoms with Crippen molar-refractivity contribution in [1.29, 1.82) is 0 Å². The second kappa shape index (κ2) is 13.9. The van der Waals surface area contributed by atoms with E-state index in [1.807, 2.05) is 0 Å². The second-order valence-corrected chi connectivity index (χ2v) is 21.2. The van der Waals surface area contributed by atoms with Crippen molar-refractivity contribution in [2.75, 3.05) is 12.8 Å². The van der Waals surface area contributed by atoms with E-state index in [4.69, 9.17) is 4.43 Å². The molecule has 4 rings (SSSR count). The third-order valence-corrected chi connectivity index (χ3v) is 19.5. The molecule has 40 heavy (non-hydrogen) atoms. The Labute approximate surface area is 245 Å². The third-order valence-electron chi connectivity index (χ3n) is 8.77. The maximum absolute atomic E-state index is 7.36. The minimum atomic E-state index is -2.01. The molecule has 0 aliphatic heterocycles. The van der Waals surface area contributed by atoms with Crippen LogP contribution in [0.25, 0.3) is 0 Å². The van der Waals surface area contributed by atoms with E-state index < -0.39 is 15.6 Å². The van der Waals surface area contributed by atoms with Gasteiger partial charge in [-0.15, -0.1) is 0 Å². The fraction of sp³-hybridized carbons (Fsp3) is 0.351. The van der Waals surface area contributed by atoms with Gasteiger partial charge >= 0.3 is 0 Å². The number of hydrogen-bond acceptors (Lipinski definition) is 1. The van der Waals surface area contributed by atoms with Gasteiger partial charge in [-0.1, -0.05) is 126 Å². The van der Waals surface area contributed by atoms with Crippen molar-refractivity contribution in [1.82, 2.24) is 0 Å². The Bertz CT molecular complexity index is 1150. The summed E-state index contributed by atoms with van der Waals surface area (Å²) in [4.78, 5) is 0. The largest absolute Gasteiger partial charge is 0.416 e. The first-order valence-electron chi connectivity index (χ1n) is 15.0. The fourth-order valence-electron chi connectivity index (χ4n) is 7.08. The van der Waals surface area contributed by atoms with Crippen molar-refractivity contribution in [3.8, 4) is 0 Å². The van der Waals surface area contributed by atoms with Gasteiger partial charge in [0.2, 0.25) is 0 Å². The number of hydrogen-bond donors (Lipinski definition) is 0. The van der Waals surface area contributed by atoms with Gasteiger partial charge in [0.25, 0.3) is 0 Å². The molecule has 0 saturated carbocycles. The Morgan fingerprint density at radius 3 is 1.23 bits per heavy atom. The highest BCUT2D eigenvalue weighted by molar-refractivity contribution is 7.95. The summed E-state index contributed by atoms with van der Waals surface area (Å²) in [6, 6.07) is 45.0. The molecule has 1 atom stereocenters. The van der Waals surface area contributed by atoms with Crippen LogP contribution in [-0.2, 0) is 10.8 Å². The molecular formula is C37H48OPSi+. The lowest BCUT2D eigenvalue weighted by Crippen LogP contribution is -2.49. The molecule has 210 valence electrons. The maximum atomic E-state index is 7.36. The van der Waals surface area contributed by atoms with Crippen molar-refractivity contribution in [2.45, 2.75) is 64.6 Å². The smallest absolute Gasteiger partial charge is 0.200 e. The zero-order valence-corrected chi connectivity index (χ0v) is 27.2. The Morgan fingerprint density at radius 2 is 0.875 bits per heavy atom. The summed E-state index contributed by atoms with van der Waals surface area (Å²) in [5.74, 6) is 0.388. The van der Waals surface area contributed by atoms with Crippen LogP contribution >= 0.6 is 7.26 Å². The molecule has 0 bridgehead atoms. The molecule has 0 fully saturated rings. The first-order chi connectivity index (χ1) is 19.3. The lowest BCUT2D eigenvalue weighted by Gasteiger charge is -2.43. The van der Waals surface area contributed by atoms with E-state index in [1.54, 1.807) is 0 Å². The summed E-state index contributed by atoms with van der Waals surface area (Å²) in [5.41, 5.74) is 3.11. The van der Waals surface area contributed by atoms with Crippen LogP contribution in [0.5, 0.6) is 0 Å². The molecule has 1 nitrogen and oxygen atoms in total. The molecule has 0 saturated heterocycles. The van der Waals surface area contributed by atoms with E-state index in [2.05, 4.69) is 163 Å². The zero-order chi connectivity index (χ0) is 28.6. The van der Waals surface area contributed by atoms with Gasteiger partial charge in [0.15, 0.2) is 8.32 Å². The van der Waals surface area contributed by atoms with Crippen molar-refractivity contribution in [3.05, 3.63) is 127 Å². The molecule has 0 heterocycles. The highest BCUT2D eigenvalue weighted by Crippen LogP contribution is 2.57. The Hall–Kier alpha value is -2.51. The second-order valence-electron chi connectivity index (χ2n) is 12.2. The van der Waals surface area contributed by atoms with Crippen LogP contribution in [0.3, 0.4) is 0 Å². The highest BCUT2D eigenvalue weighted by atomic mass is 31.2. The van der Waals surface area contributed by atoms with Crippen LogP contribution in [0.15, 0.2) is 121 Å². The molecule has 0 aliphatic rings. The molecule has 3 heteroatoms. The van der Waals surface area contributed by atoms with Crippen molar-refractivity contribution in [2.24, 2.45) is 5.92 Å². The Kier molecular flexibility index (Phi) is 10.6. The van der Waals surface area contributed by atoms with Crippen LogP contribution < -0.4 is 15.9 Å². The lowest BCUT2D eigenvalue weighted by atomic mass is 10.0. The topological polar surface area (TPSA) is 9.23 Å². The minimum absolute atomic E-state index is 0.388. The molecular weight excluding hydrogens is 519 g/mol. The van der Waals surface area contributed by atoms with Gasteiger partial charge in [-0.05, 0) is 65.0 Å². The summed E-state index contributed by atoms with van der Waals surface area (Å²) in [6.07, 6.45) is 2.10. The van der Waals surface area contributed by atoms with E-state index in [1.165, 1.54) is 21.5 Å². The molecule has 1 unspecified atom stereocenters. The van der Waals surface area contributed by atoms with Crippen LogP contribution in [0.1, 0.15) is 47.1 Å². The average molecular weight is 568 g/mol. The maximum Gasteiger partial charge on any atom is 0.200 e. The van der Waals surface area contributed by atoms with Gasteiger partial charge in [-0.3, -0.25) is 0 Å². The monoisotopic (exact) mass is 567 g/mol. The predicted octanol–water partition coefficient (Wildman–Crippen LogP) is 9.03. The number of benzene rings is 4. The highest BCUT2D eigenvalue weighted by Gasteiger charge is 2.49. The summed E-state index contributed by atoms with van der Waals surface area (Å²) in [6.45, 7) is 15.2. The van der Waals surface area contributed by atoms with Gasteiger partial charge in [0.05, 0.1) is 6.16 Å². The van der Waals surface area contributed by atoms with Crippen molar-refractivity contribution < 1.29 is 4.43 Å². The first-order valence-corrected chi connectivity index (χ1v) is 19.1. The molecule has 4 aromatic carbocycles. The quantitative estimate of drug-likeness (QED) is 0.116. The van der Waals surface area contributed by atoms with Crippen LogP contribution in [0.4, 0.5) is 0 Å². The average Bonchev–Trinajstić information content (AvgIpc) is 2.97. The van der Waals surface area contributed by atoms with Gasteiger partial charge < -0.3 is 4.43 Å². The predicted molar refractivity (Wildman–Crippen MR) is 181 cm³/mol. The number of rotatable bonds is 13. The summed E-state index contributed by atoms with van der Waals surface area (Å²) in [5, 5.41) is 4.35. The van der Waals surface area contributed by atoms with E-state index in [-0.39, 0.29) is 0 Å². The zero-order valence-electron chi connectivity index (χ0n) is 25.3. The summed E-state index contributed by atoms with van der Waals surface area (Å²) in [7, 11) is -3.97. The van der Waals surface area contributed by atoms with Gasteiger partial charge in [0.1, 0.15) is 23.2 Å². The van der Waals surface area contributed by atoms with E-state index in [0.717, 1.165) is 19.2 Å². The van der Waals surface area contributed by atoms with Crippen LogP contribution in [-0.4, -0.2) is 21.1 Å². The van der Waals surface area contributed by atoms with Gasteiger partial charge in [0, 0.05) is 12.5 Å². The van der Waals surface area contributed by atoms with E-state index in [9.17, 15) is 0 Å². The molecule has 0 aromatic heterocycles. The molecule has 0 spiro atoms. The third kappa shape index (κ3) is 6.52. The molecule has 0 N–H and O–H groups in total. The van der Waals surface area contributed by atoms with Crippen molar-refractivity contribution in [3.63, 3.8) is 0 Å².